The van der Waals surface area contributed by atoms with E-state index in [0.717, 1.165) is 55.6 Å². The van der Waals surface area contributed by atoms with Gasteiger partial charge in [-0.3, -0.25) is 14.6 Å². The molecule has 0 unspecified atom stereocenters. The highest BCUT2D eigenvalue weighted by Gasteiger charge is 2.54. The van der Waals surface area contributed by atoms with Crippen LogP contribution in [0.2, 0.25) is 0 Å². The highest BCUT2D eigenvalue weighted by atomic mass is 16.5. The van der Waals surface area contributed by atoms with Gasteiger partial charge in [-0.25, -0.2) is 0 Å². The molecule has 198 valence electrons. The number of aliphatic imine (C=N–C) groups is 1. The van der Waals surface area contributed by atoms with Crippen LogP contribution in [0.4, 0.5) is 0 Å². The van der Waals surface area contributed by atoms with E-state index in [1.165, 1.54) is 11.1 Å². The molecule has 4 aliphatic rings. The van der Waals surface area contributed by atoms with Gasteiger partial charge >= 0.3 is 0 Å². The van der Waals surface area contributed by atoms with Gasteiger partial charge in [0.2, 0.25) is 5.91 Å². The molecule has 6 nitrogen and oxygen atoms in total. The number of carbonyl (C=O) groups is 2. The van der Waals surface area contributed by atoms with Crippen molar-refractivity contribution in [3.63, 3.8) is 0 Å². The Kier molecular flexibility index (Phi) is 6.79. The van der Waals surface area contributed by atoms with Gasteiger partial charge in [0.1, 0.15) is 11.5 Å². The van der Waals surface area contributed by atoms with Gasteiger partial charge in [-0.15, -0.1) is 0 Å². The summed E-state index contributed by atoms with van der Waals surface area (Å²) in [5, 5.41) is 0. The normalized spacial score (nSPS) is 23.8. The molecule has 3 aliphatic heterocycles. The zero-order valence-corrected chi connectivity index (χ0v) is 22.4. The van der Waals surface area contributed by atoms with Gasteiger partial charge in [0.25, 0.3) is 0 Å². The summed E-state index contributed by atoms with van der Waals surface area (Å²) >= 11 is 0. The van der Waals surface area contributed by atoms with Crippen molar-refractivity contribution in [2.45, 2.75) is 63.1 Å². The molecule has 2 saturated heterocycles. The average Bonchev–Trinajstić information content (AvgIpc) is 3.57. The largest absolute Gasteiger partial charge is 0.353 e. The third-order valence-corrected chi connectivity index (χ3v) is 8.77. The lowest BCUT2D eigenvalue weighted by Gasteiger charge is -2.45. The molecule has 2 atom stereocenters. The van der Waals surface area contributed by atoms with Crippen molar-refractivity contribution in [1.82, 2.24) is 9.80 Å². The van der Waals surface area contributed by atoms with E-state index >= 15 is 0 Å². The summed E-state index contributed by atoms with van der Waals surface area (Å²) in [6.07, 6.45) is 6.33. The number of Topliss-reactive ketones (excluding diaryl/α,β-unsaturated/α-hetero) is 1. The van der Waals surface area contributed by atoms with Crippen molar-refractivity contribution in [2.24, 2.45) is 10.9 Å². The quantitative estimate of drug-likeness (QED) is 0.526. The number of carbonyl (C=O) groups excluding carboxylic acids is 2. The topological polar surface area (TPSA) is 62.2 Å². The number of hydrogen-bond donors (Lipinski definition) is 0. The van der Waals surface area contributed by atoms with Crippen LogP contribution < -0.4 is 0 Å². The van der Waals surface area contributed by atoms with Crippen LogP contribution in [0.1, 0.15) is 61.1 Å². The van der Waals surface area contributed by atoms with E-state index in [2.05, 4.69) is 43.1 Å². The van der Waals surface area contributed by atoms with Crippen LogP contribution >= 0.6 is 0 Å². The fraction of sp³-hybridized carbons (Fsp3) is 0.469. The van der Waals surface area contributed by atoms with Crippen LogP contribution in [0.15, 0.2) is 65.8 Å². The number of benzene rings is 2. The summed E-state index contributed by atoms with van der Waals surface area (Å²) in [4.78, 5) is 36.8. The lowest BCUT2D eigenvalue weighted by Crippen LogP contribution is -2.58. The Balaban J connectivity index is 1.31. The Labute approximate surface area is 225 Å². The number of allylic oxidation sites excluding steroid dienone is 1. The Morgan fingerprint density at radius 1 is 1.05 bits per heavy atom. The number of aryl methyl sites for hydroxylation is 1. The lowest BCUT2D eigenvalue weighted by atomic mass is 9.88. The third kappa shape index (κ3) is 4.87. The molecule has 6 heteroatoms. The molecule has 1 amide bonds. The number of rotatable bonds is 7. The second kappa shape index (κ2) is 10.2. The number of nitrogens with zero attached hydrogens (tertiary/aromatic N) is 3. The lowest BCUT2D eigenvalue weighted by molar-refractivity contribution is -0.161. The van der Waals surface area contributed by atoms with Crippen LogP contribution in [0, 0.1) is 12.8 Å². The van der Waals surface area contributed by atoms with Gasteiger partial charge in [0.15, 0.2) is 0 Å². The molecular weight excluding hydrogens is 474 g/mol. The summed E-state index contributed by atoms with van der Waals surface area (Å²) in [7, 11) is 2.12. The summed E-state index contributed by atoms with van der Waals surface area (Å²) in [5.41, 5.74) is 4.79. The van der Waals surface area contributed by atoms with Crippen LogP contribution in [-0.2, 0) is 14.3 Å². The van der Waals surface area contributed by atoms with Crippen LogP contribution in [0.3, 0.4) is 0 Å². The number of likely N-dealkylation sites (tertiary alicyclic amines) is 1. The van der Waals surface area contributed by atoms with Crippen LogP contribution in [-0.4, -0.2) is 65.7 Å². The monoisotopic (exact) mass is 511 g/mol. The van der Waals surface area contributed by atoms with Gasteiger partial charge in [-0.05, 0) is 43.5 Å². The first-order valence-corrected chi connectivity index (χ1v) is 14.0. The van der Waals surface area contributed by atoms with E-state index < -0.39 is 11.6 Å². The van der Waals surface area contributed by atoms with Crippen molar-refractivity contribution >= 4 is 23.0 Å². The molecule has 6 rings (SSSR count). The molecule has 0 bridgehead atoms. The van der Waals surface area contributed by atoms with E-state index in [1.54, 1.807) is 0 Å². The Morgan fingerprint density at radius 2 is 1.76 bits per heavy atom. The van der Waals surface area contributed by atoms with E-state index in [-0.39, 0.29) is 30.1 Å². The van der Waals surface area contributed by atoms with Gasteiger partial charge in [0, 0.05) is 56.6 Å². The van der Waals surface area contributed by atoms with Crippen molar-refractivity contribution in [2.75, 3.05) is 26.7 Å². The molecule has 2 aromatic rings. The smallest absolute Gasteiger partial charge is 0.233 e. The Bertz CT molecular complexity index is 1250. The second-order valence-corrected chi connectivity index (χ2v) is 11.5. The van der Waals surface area contributed by atoms with Crippen molar-refractivity contribution in [3.8, 4) is 0 Å². The maximum absolute atomic E-state index is 14.6. The molecule has 3 fully saturated rings. The van der Waals surface area contributed by atoms with Gasteiger partial charge in [0.05, 0.1) is 18.6 Å². The molecule has 1 spiro atoms. The highest BCUT2D eigenvalue weighted by molar-refractivity contribution is 6.04. The van der Waals surface area contributed by atoms with Crippen molar-refractivity contribution in [1.29, 1.82) is 0 Å². The minimum atomic E-state index is -0.654. The molecule has 0 radical (unpaired) electrons. The average molecular weight is 512 g/mol. The van der Waals surface area contributed by atoms with Crippen molar-refractivity contribution < 1.29 is 14.3 Å². The fourth-order valence-corrected chi connectivity index (χ4v) is 6.18. The zero-order valence-electron chi connectivity index (χ0n) is 22.4. The molecule has 1 saturated carbocycles. The molecule has 2 aromatic carbocycles. The van der Waals surface area contributed by atoms with E-state index in [9.17, 15) is 9.59 Å². The SMILES string of the molecule is Cc1ccc(C2=CN=C([C@@H]3COC4(CCN(C)CC4)N3C(=O)[C@H](CC(=O)C3CC3)c3ccccc3)C2)cc1. The number of hydrogen-bond acceptors (Lipinski definition) is 5. The van der Waals surface area contributed by atoms with Gasteiger partial charge in [-0.1, -0.05) is 60.2 Å². The van der Waals surface area contributed by atoms with Gasteiger partial charge < -0.3 is 14.5 Å². The minimum Gasteiger partial charge on any atom is -0.353 e. The first-order chi connectivity index (χ1) is 18.4. The summed E-state index contributed by atoms with van der Waals surface area (Å²) < 4.78 is 6.59. The second-order valence-electron chi connectivity index (χ2n) is 11.5. The first kappa shape index (κ1) is 25.2. The number of piperidine rings is 1. The number of ketones is 1. The van der Waals surface area contributed by atoms with Crippen LogP contribution in [0.5, 0.6) is 0 Å². The fourth-order valence-electron chi connectivity index (χ4n) is 6.18. The highest BCUT2D eigenvalue weighted by Crippen LogP contribution is 2.43. The maximum Gasteiger partial charge on any atom is 0.233 e. The Morgan fingerprint density at radius 3 is 2.45 bits per heavy atom. The summed E-state index contributed by atoms with van der Waals surface area (Å²) in [5.74, 6) is -0.166. The Hall–Kier alpha value is -3.09. The molecule has 38 heavy (non-hydrogen) atoms. The number of ether oxygens (including phenoxy) is 1. The van der Waals surface area contributed by atoms with E-state index in [0.29, 0.717) is 13.0 Å². The zero-order chi connectivity index (χ0) is 26.3. The molecule has 1 aliphatic carbocycles. The van der Waals surface area contributed by atoms with Gasteiger partial charge in [-0.2, -0.15) is 0 Å². The molecule has 0 aromatic heterocycles. The first-order valence-electron chi connectivity index (χ1n) is 14.0. The maximum atomic E-state index is 14.6. The van der Waals surface area contributed by atoms with Crippen molar-refractivity contribution in [3.05, 3.63) is 77.5 Å². The van der Waals surface area contributed by atoms with Crippen LogP contribution in [0.25, 0.3) is 5.57 Å². The summed E-state index contributed by atoms with van der Waals surface area (Å²) in [6.45, 7) is 4.27. The third-order valence-electron chi connectivity index (χ3n) is 8.77. The number of amides is 1. The molecule has 3 heterocycles. The van der Waals surface area contributed by atoms with E-state index in [1.807, 2.05) is 41.4 Å². The predicted octanol–water partition coefficient (Wildman–Crippen LogP) is 4.98. The molecule has 0 N–H and O–H groups in total. The van der Waals surface area contributed by atoms with E-state index in [4.69, 9.17) is 9.73 Å². The molecular formula is C32H37N3O3. The standard InChI is InChI=1S/C32H37N3O3/c1-22-8-10-23(11-9-22)26-18-28(33-20-26)29-21-38-32(14-16-34(2)17-15-32)35(29)31(37)27(19-30(36)25-12-13-25)24-6-4-3-5-7-24/h3-11,20,25,27,29H,12-19,21H2,1-2H3/t27-,29+/m1/s1. The minimum absolute atomic E-state index is 0.00346. The summed E-state index contributed by atoms with van der Waals surface area (Å²) in [6, 6.07) is 18.1. The predicted molar refractivity (Wildman–Crippen MR) is 149 cm³/mol.